The van der Waals surface area contributed by atoms with Crippen LogP contribution < -0.4 is 5.32 Å². The SMILES string of the molecule is CC(C)(C)NC(=O)C1(C)C(=O)N2Cc3[nH]cnc3CC2C(=O)N1Cc1ccccc1. The average molecular weight is 409 g/mol. The number of piperazine rings is 1. The first kappa shape index (κ1) is 20.1. The Morgan fingerprint density at radius 3 is 2.63 bits per heavy atom. The van der Waals surface area contributed by atoms with Crippen molar-refractivity contribution in [3.05, 3.63) is 53.6 Å². The molecule has 0 bridgehead atoms. The van der Waals surface area contributed by atoms with Crippen molar-refractivity contribution < 1.29 is 14.4 Å². The van der Waals surface area contributed by atoms with E-state index < -0.39 is 23.0 Å². The van der Waals surface area contributed by atoms with Crippen LogP contribution in [0.3, 0.4) is 0 Å². The van der Waals surface area contributed by atoms with Gasteiger partial charge >= 0.3 is 0 Å². The number of hydrogen-bond donors (Lipinski definition) is 2. The van der Waals surface area contributed by atoms with Gasteiger partial charge in [0.05, 0.1) is 24.3 Å². The van der Waals surface area contributed by atoms with Gasteiger partial charge in [-0.15, -0.1) is 0 Å². The predicted molar refractivity (Wildman–Crippen MR) is 110 cm³/mol. The van der Waals surface area contributed by atoms with Crippen molar-refractivity contribution in [2.24, 2.45) is 0 Å². The number of nitrogens with one attached hydrogen (secondary N) is 2. The second-order valence-electron chi connectivity index (χ2n) is 9.17. The van der Waals surface area contributed by atoms with Gasteiger partial charge in [0.2, 0.25) is 5.91 Å². The Morgan fingerprint density at radius 1 is 1.27 bits per heavy atom. The maximum atomic E-state index is 13.7. The van der Waals surface area contributed by atoms with Crippen molar-refractivity contribution >= 4 is 17.7 Å². The molecule has 2 N–H and O–H groups in total. The summed E-state index contributed by atoms with van der Waals surface area (Å²) in [6.07, 6.45) is 1.91. The summed E-state index contributed by atoms with van der Waals surface area (Å²) < 4.78 is 0. The van der Waals surface area contributed by atoms with E-state index in [4.69, 9.17) is 0 Å². The van der Waals surface area contributed by atoms with Crippen LogP contribution in [0.25, 0.3) is 0 Å². The minimum atomic E-state index is -1.64. The number of fused-ring (bicyclic) bond motifs is 2. The van der Waals surface area contributed by atoms with Crippen LogP contribution in [0.1, 0.15) is 44.6 Å². The number of aromatic nitrogens is 2. The zero-order valence-corrected chi connectivity index (χ0v) is 17.7. The van der Waals surface area contributed by atoms with E-state index in [2.05, 4.69) is 15.3 Å². The molecule has 2 atom stereocenters. The molecular weight excluding hydrogens is 382 g/mol. The molecule has 3 heterocycles. The zero-order valence-electron chi connectivity index (χ0n) is 17.7. The van der Waals surface area contributed by atoms with Crippen LogP contribution in [0, 0.1) is 0 Å². The van der Waals surface area contributed by atoms with E-state index in [0.717, 1.165) is 17.0 Å². The van der Waals surface area contributed by atoms with Crippen LogP contribution in [0.4, 0.5) is 0 Å². The summed E-state index contributed by atoms with van der Waals surface area (Å²) in [6, 6.07) is 8.76. The molecule has 2 aliphatic heterocycles. The Balaban J connectivity index is 1.77. The van der Waals surface area contributed by atoms with Gasteiger partial charge in [0, 0.05) is 18.5 Å². The lowest BCUT2D eigenvalue weighted by Gasteiger charge is -2.51. The molecule has 3 amide bonds. The Bertz CT molecular complexity index is 994. The van der Waals surface area contributed by atoms with E-state index in [9.17, 15) is 14.4 Å². The first-order valence-electron chi connectivity index (χ1n) is 10.1. The standard InChI is InChI=1S/C22H27N5O3/c1-21(2,3)25-19(29)22(4)20(30)26-12-16-15(23-13-24-16)10-17(26)18(28)27(22)11-14-8-6-5-7-9-14/h5-9,13,17H,10-12H2,1-4H3,(H,23,24)(H,25,29). The number of carbonyl (C=O) groups excluding carboxylic acids is 3. The molecule has 30 heavy (non-hydrogen) atoms. The van der Waals surface area contributed by atoms with Gasteiger partial charge in [-0.3, -0.25) is 14.4 Å². The second-order valence-corrected chi connectivity index (χ2v) is 9.17. The highest BCUT2D eigenvalue weighted by molar-refractivity contribution is 6.15. The van der Waals surface area contributed by atoms with E-state index in [1.54, 1.807) is 13.3 Å². The first-order valence-corrected chi connectivity index (χ1v) is 10.1. The fraction of sp³-hybridized carbons (Fsp3) is 0.455. The number of benzene rings is 1. The van der Waals surface area contributed by atoms with Gasteiger partial charge in [-0.25, -0.2) is 4.98 Å². The summed E-state index contributed by atoms with van der Waals surface area (Å²) in [5.74, 6) is -1.08. The number of hydrogen-bond acceptors (Lipinski definition) is 4. The molecule has 1 aromatic heterocycles. The molecule has 1 aromatic carbocycles. The molecule has 4 rings (SSSR count). The highest BCUT2D eigenvalue weighted by atomic mass is 16.2. The minimum Gasteiger partial charge on any atom is -0.349 e. The van der Waals surface area contributed by atoms with Crippen molar-refractivity contribution in [2.75, 3.05) is 0 Å². The molecular formula is C22H27N5O3. The lowest BCUT2D eigenvalue weighted by atomic mass is 9.86. The summed E-state index contributed by atoms with van der Waals surface area (Å²) in [5, 5.41) is 2.91. The Kier molecular flexibility index (Phi) is 4.67. The molecule has 8 nitrogen and oxygen atoms in total. The van der Waals surface area contributed by atoms with E-state index in [-0.39, 0.29) is 24.9 Å². The Morgan fingerprint density at radius 2 is 1.97 bits per heavy atom. The lowest BCUT2D eigenvalue weighted by Crippen LogP contribution is -2.75. The summed E-state index contributed by atoms with van der Waals surface area (Å²) in [4.78, 5) is 51.0. The van der Waals surface area contributed by atoms with Crippen molar-refractivity contribution in [2.45, 2.75) is 64.3 Å². The topological polar surface area (TPSA) is 98.4 Å². The van der Waals surface area contributed by atoms with Crippen molar-refractivity contribution in [3.8, 4) is 0 Å². The monoisotopic (exact) mass is 409 g/mol. The van der Waals surface area contributed by atoms with Gasteiger partial charge in [-0.2, -0.15) is 0 Å². The molecule has 1 fully saturated rings. The van der Waals surface area contributed by atoms with Crippen molar-refractivity contribution in [1.82, 2.24) is 25.1 Å². The lowest BCUT2D eigenvalue weighted by molar-refractivity contribution is -0.176. The van der Waals surface area contributed by atoms with Crippen LogP contribution in [0.5, 0.6) is 0 Å². The number of amides is 3. The third-order valence-electron chi connectivity index (χ3n) is 5.78. The molecule has 8 heteroatoms. The van der Waals surface area contributed by atoms with E-state index in [1.807, 2.05) is 51.1 Å². The molecule has 0 aliphatic carbocycles. The van der Waals surface area contributed by atoms with E-state index >= 15 is 0 Å². The van der Waals surface area contributed by atoms with Gasteiger partial charge < -0.3 is 20.1 Å². The van der Waals surface area contributed by atoms with Crippen LogP contribution in [0.15, 0.2) is 36.7 Å². The van der Waals surface area contributed by atoms with Crippen molar-refractivity contribution in [1.29, 1.82) is 0 Å². The van der Waals surface area contributed by atoms with E-state index in [0.29, 0.717) is 6.42 Å². The quantitative estimate of drug-likeness (QED) is 0.749. The van der Waals surface area contributed by atoms with Gasteiger partial charge in [-0.1, -0.05) is 30.3 Å². The zero-order chi connectivity index (χ0) is 21.7. The van der Waals surface area contributed by atoms with Crippen molar-refractivity contribution in [3.63, 3.8) is 0 Å². The predicted octanol–water partition coefficient (Wildman–Crippen LogP) is 1.38. The molecule has 0 saturated carbocycles. The highest BCUT2D eigenvalue weighted by Crippen LogP contribution is 2.34. The molecule has 0 spiro atoms. The van der Waals surface area contributed by atoms with Gasteiger partial charge in [0.1, 0.15) is 6.04 Å². The van der Waals surface area contributed by atoms with Gasteiger partial charge in [0.25, 0.3) is 11.8 Å². The molecule has 158 valence electrons. The average Bonchev–Trinajstić information content (AvgIpc) is 3.15. The van der Waals surface area contributed by atoms with Gasteiger partial charge in [0.15, 0.2) is 5.54 Å². The van der Waals surface area contributed by atoms with Crippen LogP contribution >= 0.6 is 0 Å². The molecule has 2 aliphatic rings. The molecule has 1 saturated heterocycles. The number of nitrogens with zero attached hydrogens (tertiary/aromatic N) is 3. The smallest absolute Gasteiger partial charge is 0.259 e. The summed E-state index contributed by atoms with van der Waals surface area (Å²) >= 11 is 0. The normalized spacial score (nSPS) is 23.8. The minimum absolute atomic E-state index is 0.178. The molecule has 2 aromatic rings. The summed E-state index contributed by atoms with van der Waals surface area (Å²) in [7, 11) is 0. The number of imidazole rings is 1. The first-order chi connectivity index (χ1) is 14.1. The maximum Gasteiger partial charge on any atom is 0.259 e. The third-order valence-corrected chi connectivity index (χ3v) is 5.78. The Hall–Kier alpha value is -3.16. The number of H-pyrrole nitrogens is 1. The van der Waals surface area contributed by atoms with Crippen LogP contribution in [-0.2, 0) is 33.9 Å². The van der Waals surface area contributed by atoms with Crippen LogP contribution in [-0.4, -0.2) is 54.6 Å². The molecule has 0 radical (unpaired) electrons. The number of aromatic amines is 1. The Labute approximate surface area is 175 Å². The summed E-state index contributed by atoms with van der Waals surface area (Å²) in [5.41, 5.74) is 0.270. The van der Waals surface area contributed by atoms with Crippen LogP contribution in [0.2, 0.25) is 0 Å². The fourth-order valence-electron chi connectivity index (χ4n) is 4.15. The highest BCUT2D eigenvalue weighted by Gasteiger charge is 2.59. The van der Waals surface area contributed by atoms with E-state index in [1.165, 1.54) is 9.80 Å². The number of rotatable bonds is 3. The maximum absolute atomic E-state index is 13.7. The third kappa shape index (κ3) is 3.26. The molecule has 2 unspecified atom stereocenters. The summed E-state index contributed by atoms with van der Waals surface area (Å²) in [6.45, 7) is 7.53. The number of carbonyl (C=O) groups is 3. The fourth-order valence-corrected chi connectivity index (χ4v) is 4.15. The van der Waals surface area contributed by atoms with Gasteiger partial charge in [-0.05, 0) is 33.3 Å². The second kappa shape index (κ2) is 6.97. The largest absolute Gasteiger partial charge is 0.349 e.